The molecule has 0 heterocycles. The largest absolute Gasteiger partial charge is 0.361 e. The highest BCUT2D eigenvalue weighted by molar-refractivity contribution is 7.62. The van der Waals surface area contributed by atoms with Crippen molar-refractivity contribution in [1.29, 1.82) is 0 Å². The fourth-order valence-corrected chi connectivity index (χ4v) is 2.31. The van der Waals surface area contributed by atoms with Crippen molar-refractivity contribution in [1.82, 2.24) is 0 Å². The summed E-state index contributed by atoms with van der Waals surface area (Å²) in [6, 6.07) is 7.13. The molecule has 0 aliphatic carbocycles. The molecule has 0 N–H and O–H groups in total. The molecule has 1 aromatic carbocycles. The van der Waals surface area contributed by atoms with Gasteiger partial charge in [-0.25, -0.2) is 0 Å². The first-order valence-electron chi connectivity index (χ1n) is 4.43. The molecule has 1 unspecified atom stereocenters. The van der Waals surface area contributed by atoms with E-state index in [9.17, 15) is 4.57 Å². The summed E-state index contributed by atoms with van der Waals surface area (Å²) in [5.41, 5.74) is 1.08. The molecule has 0 aliphatic rings. The predicted octanol–water partition coefficient (Wildman–Crippen LogP) is 2.11. The van der Waals surface area contributed by atoms with E-state index in [0.717, 1.165) is 5.56 Å². The predicted molar refractivity (Wildman–Crippen MR) is 60.2 cm³/mol. The Morgan fingerprint density at radius 2 is 2.00 bits per heavy atom. The van der Waals surface area contributed by atoms with Crippen LogP contribution >= 0.6 is 7.60 Å². The molecule has 1 aromatic rings. The van der Waals surface area contributed by atoms with Crippen molar-refractivity contribution in [3.8, 4) is 12.3 Å². The van der Waals surface area contributed by atoms with Gasteiger partial charge in [-0.3, -0.25) is 9.09 Å². The molecule has 0 spiro atoms. The van der Waals surface area contributed by atoms with Crippen molar-refractivity contribution in [2.24, 2.45) is 0 Å². The van der Waals surface area contributed by atoms with Gasteiger partial charge in [0.2, 0.25) is 0 Å². The van der Waals surface area contributed by atoms with Crippen LogP contribution < -0.4 is 5.30 Å². The van der Waals surface area contributed by atoms with Gasteiger partial charge in [0.1, 0.15) is 6.61 Å². The molecule has 0 aliphatic heterocycles. The van der Waals surface area contributed by atoms with Gasteiger partial charge >= 0.3 is 7.60 Å². The number of aryl methyl sites for hydroxylation is 1. The van der Waals surface area contributed by atoms with Gasteiger partial charge in [-0.05, 0) is 19.1 Å². The average molecular weight is 224 g/mol. The van der Waals surface area contributed by atoms with Gasteiger partial charge in [-0.15, -0.1) is 6.42 Å². The summed E-state index contributed by atoms with van der Waals surface area (Å²) in [6.07, 6.45) is 5.04. The zero-order chi connectivity index (χ0) is 11.3. The third-order valence-corrected chi connectivity index (χ3v) is 3.79. The summed E-state index contributed by atoms with van der Waals surface area (Å²) in [5, 5.41) is 0.519. The third kappa shape index (κ3) is 2.94. The van der Waals surface area contributed by atoms with Crippen LogP contribution in [0.25, 0.3) is 0 Å². The Morgan fingerprint density at radius 3 is 2.47 bits per heavy atom. The van der Waals surface area contributed by atoms with E-state index in [-0.39, 0.29) is 6.61 Å². The van der Waals surface area contributed by atoms with Crippen molar-refractivity contribution in [3.05, 3.63) is 29.8 Å². The number of benzene rings is 1. The lowest BCUT2D eigenvalue weighted by Crippen LogP contribution is -2.09. The van der Waals surface area contributed by atoms with E-state index in [0.29, 0.717) is 5.30 Å². The molecule has 0 bridgehead atoms. The van der Waals surface area contributed by atoms with Crippen molar-refractivity contribution in [2.75, 3.05) is 13.7 Å². The number of rotatable bonds is 4. The second-order valence-corrected chi connectivity index (χ2v) is 5.13. The van der Waals surface area contributed by atoms with E-state index in [1.54, 1.807) is 12.1 Å². The lowest BCUT2D eigenvalue weighted by molar-refractivity contribution is 0.268. The van der Waals surface area contributed by atoms with Crippen LogP contribution in [0.2, 0.25) is 0 Å². The van der Waals surface area contributed by atoms with Crippen molar-refractivity contribution >= 4 is 12.9 Å². The minimum Gasteiger partial charge on any atom is -0.309 e. The normalized spacial score (nSPS) is 14.2. The van der Waals surface area contributed by atoms with Crippen LogP contribution in [0, 0.1) is 19.3 Å². The van der Waals surface area contributed by atoms with E-state index in [1.165, 1.54) is 7.11 Å². The minimum absolute atomic E-state index is 0.0288. The summed E-state index contributed by atoms with van der Waals surface area (Å²) < 4.78 is 22.1. The van der Waals surface area contributed by atoms with Crippen LogP contribution in [0.3, 0.4) is 0 Å². The Bertz CT molecular complexity index is 403. The second-order valence-electron chi connectivity index (χ2n) is 2.99. The van der Waals surface area contributed by atoms with Gasteiger partial charge in [0, 0.05) is 7.11 Å². The van der Waals surface area contributed by atoms with Crippen LogP contribution in [0.5, 0.6) is 0 Å². The first-order valence-corrected chi connectivity index (χ1v) is 5.97. The molecule has 0 saturated heterocycles. The first kappa shape index (κ1) is 12.0. The molecule has 0 radical (unpaired) electrons. The standard InChI is InChI=1S/C11H13O3P/c1-4-9-14-15(12,13-3)11-7-5-10(2)6-8-11/h1,5-8H,9H2,2-3H3. The molecular formula is C11H13O3P. The van der Waals surface area contributed by atoms with Gasteiger partial charge in [0.25, 0.3) is 0 Å². The van der Waals surface area contributed by atoms with Gasteiger partial charge in [0.15, 0.2) is 0 Å². The van der Waals surface area contributed by atoms with Gasteiger partial charge in [-0.1, -0.05) is 23.6 Å². The highest BCUT2D eigenvalue weighted by Crippen LogP contribution is 2.45. The molecule has 0 fully saturated rings. The second kappa shape index (κ2) is 5.14. The molecule has 15 heavy (non-hydrogen) atoms. The van der Waals surface area contributed by atoms with Crippen LogP contribution in [-0.4, -0.2) is 13.7 Å². The third-order valence-electron chi connectivity index (χ3n) is 1.91. The van der Waals surface area contributed by atoms with E-state index in [1.807, 2.05) is 19.1 Å². The topological polar surface area (TPSA) is 35.5 Å². The van der Waals surface area contributed by atoms with Crippen LogP contribution in [0.4, 0.5) is 0 Å². The van der Waals surface area contributed by atoms with E-state index in [2.05, 4.69) is 5.92 Å². The molecule has 0 aromatic heterocycles. The van der Waals surface area contributed by atoms with Crippen LogP contribution in [-0.2, 0) is 13.6 Å². The minimum atomic E-state index is -3.23. The van der Waals surface area contributed by atoms with Gasteiger partial charge < -0.3 is 4.52 Å². The molecule has 1 atom stereocenters. The lowest BCUT2D eigenvalue weighted by atomic mass is 10.2. The number of hydrogen-bond acceptors (Lipinski definition) is 3. The molecule has 4 heteroatoms. The molecule has 0 amide bonds. The monoisotopic (exact) mass is 224 g/mol. The lowest BCUT2D eigenvalue weighted by Gasteiger charge is -2.14. The Kier molecular flexibility index (Phi) is 4.11. The summed E-state index contributed by atoms with van der Waals surface area (Å²) in [6.45, 7) is 1.92. The fraction of sp³-hybridized carbons (Fsp3) is 0.273. The van der Waals surface area contributed by atoms with Gasteiger partial charge in [0.05, 0.1) is 5.30 Å². The molecular weight excluding hydrogens is 211 g/mol. The highest BCUT2D eigenvalue weighted by Gasteiger charge is 2.25. The Hall–Kier alpha value is -1.07. The quantitative estimate of drug-likeness (QED) is 0.580. The van der Waals surface area contributed by atoms with Crippen molar-refractivity contribution in [2.45, 2.75) is 6.92 Å². The maximum Gasteiger partial charge on any atom is 0.361 e. The fourth-order valence-electron chi connectivity index (χ4n) is 1.08. The van der Waals surface area contributed by atoms with Crippen molar-refractivity contribution < 1.29 is 13.6 Å². The average Bonchev–Trinajstić information content (AvgIpc) is 2.27. The molecule has 3 nitrogen and oxygen atoms in total. The molecule has 1 rings (SSSR count). The molecule has 0 saturated carbocycles. The summed E-state index contributed by atoms with van der Waals surface area (Å²) in [4.78, 5) is 0. The van der Waals surface area contributed by atoms with Crippen LogP contribution in [0.15, 0.2) is 24.3 Å². The Morgan fingerprint density at radius 1 is 1.40 bits per heavy atom. The Balaban J connectivity index is 2.96. The highest BCUT2D eigenvalue weighted by atomic mass is 31.2. The smallest absolute Gasteiger partial charge is 0.309 e. The summed E-state index contributed by atoms with van der Waals surface area (Å²) in [7, 11) is -1.89. The Labute approximate surface area is 89.9 Å². The van der Waals surface area contributed by atoms with Gasteiger partial charge in [-0.2, -0.15) is 0 Å². The maximum absolute atomic E-state index is 12.1. The zero-order valence-electron chi connectivity index (χ0n) is 8.77. The van der Waals surface area contributed by atoms with E-state index < -0.39 is 7.60 Å². The first-order chi connectivity index (χ1) is 7.12. The maximum atomic E-state index is 12.1. The molecule has 80 valence electrons. The van der Waals surface area contributed by atoms with Crippen LogP contribution in [0.1, 0.15) is 5.56 Å². The SMILES string of the molecule is C#CCOP(=O)(OC)c1ccc(C)cc1. The van der Waals surface area contributed by atoms with E-state index in [4.69, 9.17) is 15.5 Å². The van der Waals surface area contributed by atoms with Crippen molar-refractivity contribution in [3.63, 3.8) is 0 Å². The number of hydrogen-bond donors (Lipinski definition) is 0. The number of terminal acetylenes is 1. The van der Waals surface area contributed by atoms with E-state index >= 15 is 0 Å². The zero-order valence-corrected chi connectivity index (χ0v) is 9.66. The summed E-state index contributed by atoms with van der Waals surface area (Å²) >= 11 is 0. The summed E-state index contributed by atoms with van der Waals surface area (Å²) in [5.74, 6) is 2.26.